The predicted molar refractivity (Wildman–Crippen MR) is 53.1 cm³/mol. The van der Waals surface area contributed by atoms with Crippen molar-refractivity contribution in [2.24, 2.45) is 5.41 Å². The molecule has 3 nitrogen and oxygen atoms in total. The second kappa shape index (κ2) is 4.52. The quantitative estimate of drug-likeness (QED) is 0.586. The summed E-state index contributed by atoms with van der Waals surface area (Å²) >= 11 is 0. The molecule has 0 fully saturated rings. The van der Waals surface area contributed by atoms with Crippen molar-refractivity contribution in [1.29, 1.82) is 0 Å². The number of hydrogen-bond acceptors (Lipinski definition) is 3. The summed E-state index contributed by atoms with van der Waals surface area (Å²) < 4.78 is 0. The molecule has 76 valence electrons. The molecule has 0 aromatic heterocycles. The summed E-state index contributed by atoms with van der Waals surface area (Å²) in [4.78, 5) is 26.2. The molecule has 0 spiro atoms. The summed E-state index contributed by atoms with van der Waals surface area (Å²) in [5, 5.41) is 0. The number of rotatable bonds is 5. The molecule has 0 bridgehead atoms. The predicted octanol–water partition coefficient (Wildman–Crippen LogP) is 1.67. The third-order valence-electron chi connectivity index (χ3n) is 2.32. The van der Waals surface area contributed by atoms with Crippen LogP contribution in [0.4, 0.5) is 0 Å². The van der Waals surface area contributed by atoms with E-state index in [1.165, 1.54) is 0 Å². The van der Waals surface area contributed by atoms with Gasteiger partial charge >= 0.3 is 74.2 Å². The van der Waals surface area contributed by atoms with E-state index in [-0.39, 0.29) is 11.6 Å². The van der Waals surface area contributed by atoms with Gasteiger partial charge in [-0.05, 0) is 0 Å². The molecule has 0 heterocycles. The summed E-state index contributed by atoms with van der Waals surface area (Å²) in [6.07, 6.45) is 2.86. The summed E-state index contributed by atoms with van der Waals surface area (Å²) in [6, 6.07) is 0. The zero-order valence-electron chi connectivity index (χ0n) is 8.17. The second-order valence-electron chi connectivity index (χ2n) is 4.15. The second-order valence-corrected chi connectivity index (χ2v) is 6.19. The molecule has 0 aromatic carbocycles. The molecule has 0 amide bonds. The van der Waals surface area contributed by atoms with Crippen molar-refractivity contribution in [2.45, 2.75) is 40.0 Å². The zero-order valence-corrected chi connectivity index (χ0v) is 9.17. The van der Waals surface area contributed by atoms with Crippen LogP contribution < -0.4 is 0 Å². The van der Waals surface area contributed by atoms with Gasteiger partial charge < -0.3 is 0 Å². The molecule has 0 rings (SSSR count). The van der Waals surface area contributed by atoms with Gasteiger partial charge in [0, 0.05) is 0 Å². The van der Waals surface area contributed by atoms with E-state index in [4.69, 9.17) is 14.7 Å². The van der Waals surface area contributed by atoms with Crippen molar-refractivity contribution in [3.8, 4) is 0 Å². The van der Waals surface area contributed by atoms with E-state index < -0.39 is 7.94 Å². The molecule has 0 saturated heterocycles. The van der Waals surface area contributed by atoms with Gasteiger partial charge in [-0.2, -0.15) is 0 Å². The van der Waals surface area contributed by atoms with Crippen molar-refractivity contribution in [1.82, 2.24) is 0 Å². The van der Waals surface area contributed by atoms with Crippen LogP contribution in [0.15, 0.2) is 0 Å². The third-order valence-corrected chi connectivity index (χ3v) is 3.35. The molecule has 0 radical (unpaired) electrons. The Labute approximate surface area is 75.0 Å². The molecule has 4 heteroatoms. The van der Waals surface area contributed by atoms with Crippen LogP contribution in [-0.4, -0.2) is 20.8 Å². The molecule has 0 aliphatic carbocycles. The van der Waals surface area contributed by atoms with Gasteiger partial charge in [-0.3, -0.25) is 0 Å². The van der Waals surface area contributed by atoms with Crippen LogP contribution in [0.5, 0.6) is 0 Å². The van der Waals surface area contributed by atoms with Gasteiger partial charge in [0.15, 0.2) is 0 Å². The van der Waals surface area contributed by atoms with E-state index in [1.807, 2.05) is 0 Å². The SMILES string of the molecule is CCC(C)(C)CCC[PH](O)(O)O. The molecule has 12 heavy (non-hydrogen) atoms. The topological polar surface area (TPSA) is 60.7 Å². The molecule has 0 saturated carbocycles. The Morgan fingerprint density at radius 3 is 2.00 bits per heavy atom. The summed E-state index contributed by atoms with van der Waals surface area (Å²) in [6.45, 7) is 6.40. The normalized spacial score (nSPS) is 14.8. The molecule has 0 unspecified atom stereocenters. The van der Waals surface area contributed by atoms with Crippen molar-refractivity contribution < 1.29 is 14.7 Å². The first kappa shape index (κ1) is 12.3. The Morgan fingerprint density at radius 1 is 1.17 bits per heavy atom. The van der Waals surface area contributed by atoms with E-state index in [9.17, 15) is 0 Å². The van der Waals surface area contributed by atoms with E-state index in [0.29, 0.717) is 6.42 Å². The molecule has 0 aromatic rings. The van der Waals surface area contributed by atoms with Crippen molar-refractivity contribution in [2.75, 3.05) is 6.16 Å². The summed E-state index contributed by atoms with van der Waals surface area (Å²) in [7, 11) is -3.77. The maximum absolute atomic E-state index is 8.74. The standard InChI is InChI=1S/C8H21O3P/c1-4-8(2,3)6-5-7-12(9,10)11/h9-12H,4-7H2,1-3H3. The van der Waals surface area contributed by atoms with Gasteiger partial charge in [-0.15, -0.1) is 0 Å². The van der Waals surface area contributed by atoms with Crippen molar-refractivity contribution in [3.05, 3.63) is 0 Å². The minimum atomic E-state index is -3.77. The van der Waals surface area contributed by atoms with Crippen molar-refractivity contribution in [3.63, 3.8) is 0 Å². The van der Waals surface area contributed by atoms with Crippen LogP contribution in [0.25, 0.3) is 0 Å². The fraction of sp³-hybridized carbons (Fsp3) is 1.00. The Hall–Kier alpha value is 0.310. The van der Waals surface area contributed by atoms with Gasteiger partial charge in [0.25, 0.3) is 0 Å². The first-order valence-electron chi connectivity index (χ1n) is 4.44. The van der Waals surface area contributed by atoms with Crippen molar-refractivity contribution >= 4 is 7.94 Å². The number of hydrogen-bond donors (Lipinski definition) is 3. The fourth-order valence-corrected chi connectivity index (χ4v) is 1.63. The Balaban J connectivity index is 3.57. The molecular weight excluding hydrogens is 175 g/mol. The van der Waals surface area contributed by atoms with Gasteiger partial charge in [0.2, 0.25) is 0 Å². The Bertz CT molecular complexity index is 129. The van der Waals surface area contributed by atoms with Gasteiger partial charge in [0.1, 0.15) is 0 Å². The average Bonchev–Trinajstić information content (AvgIpc) is 1.84. The first-order valence-corrected chi connectivity index (χ1v) is 6.49. The zero-order chi connectivity index (χ0) is 9.83. The van der Waals surface area contributed by atoms with E-state index in [2.05, 4.69) is 20.8 Å². The molecular formula is C8H21O3P. The van der Waals surface area contributed by atoms with Crippen LogP contribution in [0.2, 0.25) is 0 Å². The molecule has 0 aliphatic rings. The maximum atomic E-state index is 8.74. The van der Waals surface area contributed by atoms with Crippen LogP contribution >= 0.6 is 7.94 Å². The van der Waals surface area contributed by atoms with Crippen LogP contribution in [0.1, 0.15) is 40.0 Å². The molecule has 0 atom stereocenters. The summed E-state index contributed by atoms with van der Waals surface area (Å²) in [5.41, 5.74) is 0.250. The van der Waals surface area contributed by atoms with Crippen LogP contribution in [0, 0.1) is 5.41 Å². The monoisotopic (exact) mass is 196 g/mol. The molecule has 3 N–H and O–H groups in total. The Kier molecular flexibility index (Phi) is 4.64. The fourth-order valence-electron chi connectivity index (χ4n) is 0.981. The van der Waals surface area contributed by atoms with Gasteiger partial charge in [-0.1, -0.05) is 0 Å². The van der Waals surface area contributed by atoms with Crippen LogP contribution in [0.3, 0.4) is 0 Å². The molecule has 0 aliphatic heterocycles. The van der Waals surface area contributed by atoms with E-state index in [0.717, 1.165) is 12.8 Å². The van der Waals surface area contributed by atoms with E-state index >= 15 is 0 Å². The Morgan fingerprint density at radius 2 is 1.67 bits per heavy atom. The average molecular weight is 196 g/mol. The van der Waals surface area contributed by atoms with Gasteiger partial charge in [-0.25, -0.2) is 0 Å². The minimum absolute atomic E-state index is 0.163. The first-order chi connectivity index (χ1) is 5.27. The van der Waals surface area contributed by atoms with Crippen LogP contribution in [-0.2, 0) is 0 Å². The van der Waals surface area contributed by atoms with Gasteiger partial charge in [0.05, 0.1) is 0 Å². The van der Waals surface area contributed by atoms with E-state index in [1.54, 1.807) is 0 Å². The third kappa shape index (κ3) is 6.99. The summed E-state index contributed by atoms with van der Waals surface area (Å²) in [5.74, 6) is 0.